The lowest BCUT2D eigenvalue weighted by Gasteiger charge is -2.35. The largest absolute Gasteiger partial charge is 0.361 e. The van der Waals surface area contributed by atoms with Crippen LogP contribution < -0.4 is 5.32 Å². The van der Waals surface area contributed by atoms with Gasteiger partial charge in [-0.25, -0.2) is 8.42 Å². The molecule has 1 aliphatic rings. The zero-order valence-electron chi connectivity index (χ0n) is 13.9. The second-order valence-corrected chi connectivity index (χ2v) is 8.24. The molecule has 1 unspecified atom stereocenters. The quantitative estimate of drug-likeness (QED) is 0.755. The van der Waals surface area contributed by atoms with Gasteiger partial charge in [-0.15, -0.1) is 0 Å². The number of aromatic amines is 1. The van der Waals surface area contributed by atoms with Gasteiger partial charge in [-0.2, -0.15) is 4.31 Å². The number of hydrogen-bond donors (Lipinski definition) is 2. The van der Waals surface area contributed by atoms with Crippen LogP contribution in [0.25, 0.3) is 10.9 Å². The predicted molar refractivity (Wildman–Crippen MR) is 99.0 cm³/mol. The molecule has 6 heteroatoms. The van der Waals surface area contributed by atoms with Crippen LogP contribution in [0.3, 0.4) is 0 Å². The van der Waals surface area contributed by atoms with E-state index in [0.717, 1.165) is 16.5 Å². The van der Waals surface area contributed by atoms with Crippen LogP contribution in [0.1, 0.15) is 5.56 Å². The summed E-state index contributed by atoms with van der Waals surface area (Å²) in [6.45, 7) is 1.83. The van der Waals surface area contributed by atoms with Crippen molar-refractivity contribution in [2.24, 2.45) is 0 Å². The maximum absolute atomic E-state index is 13.1. The molecule has 0 spiro atoms. The molecule has 1 aromatic heterocycles. The standard InChI is InChI=1S/C19H21N3O2S/c23-25(24,17-6-2-1-3-7-17)22-11-10-20-14-16(22)12-15-13-21-19-9-5-4-8-18(15)19/h1-9,13,16,20-21H,10-12,14H2. The van der Waals surface area contributed by atoms with Crippen LogP contribution in [0.5, 0.6) is 0 Å². The van der Waals surface area contributed by atoms with Crippen molar-refractivity contribution in [3.05, 3.63) is 66.4 Å². The summed E-state index contributed by atoms with van der Waals surface area (Å²) < 4.78 is 27.8. The van der Waals surface area contributed by atoms with Gasteiger partial charge in [0.15, 0.2) is 0 Å². The van der Waals surface area contributed by atoms with Crippen LogP contribution in [0.15, 0.2) is 65.7 Å². The Morgan fingerprint density at radius 1 is 1.04 bits per heavy atom. The lowest BCUT2D eigenvalue weighted by Crippen LogP contribution is -2.54. The van der Waals surface area contributed by atoms with Crippen LogP contribution in [0.2, 0.25) is 0 Å². The zero-order valence-corrected chi connectivity index (χ0v) is 14.7. The van der Waals surface area contributed by atoms with Crippen molar-refractivity contribution < 1.29 is 8.42 Å². The third-order valence-corrected chi connectivity index (χ3v) is 6.74. The summed E-state index contributed by atoms with van der Waals surface area (Å²) in [7, 11) is -3.48. The van der Waals surface area contributed by atoms with Crippen molar-refractivity contribution in [3.8, 4) is 0 Å². The Balaban J connectivity index is 1.66. The maximum Gasteiger partial charge on any atom is 0.243 e. The van der Waals surface area contributed by atoms with Crippen LogP contribution in [0.4, 0.5) is 0 Å². The van der Waals surface area contributed by atoms with Crippen molar-refractivity contribution in [3.63, 3.8) is 0 Å². The Morgan fingerprint density at radius 3 is 2.64 bits per heavy atom. The molecule has 1 fully saturated rings. The molecule has 5 nitrogen and oxygen atoms in total. The van der Waals surface area contributed by atoms with Gasteiger partial charge < -0.3 is 10.3 Å². The highest BCUT2D eigenvalue weighted by atomic mass is 32.2. The number of H-pyrrole nitrogens is 1. The molecule has 130 valence electrons. The van der Waals surface area contributed by atoms with Crippen LogP contribution >= 0.6 is 0 Å². The van der Waals surface area contributed by atoms with Crippen LogP contribution in [-0.2, 0) is 16.4 Å². The third kappa shape index (κ3) is 3.08. The second-order valence-electron chi connectivity index (χ2n) is 6.35. The SMILES string of the molecule is O=S(=O)(c1ccccc1)N1CCNCC1Cc1c[nH]c2ccccc12. The van der Waals surface area contributed by atoms with Gasteiger partial charge in [-0.1, -0.05) is 36.4 Å². The summed E-state index contributed by atoms with van der Waals surface area (Å²) >= 11 is 0. The lowest BCUT2D eigenvalue weighted by atomic mass is 10.0. The van der Waals surface area contributed by atoms with Crippen LogP contribution in [-0.4, -0.2) is 43.4 Å². The lowest BCUT2D eigenvalue weighted by molar-refractivity contribution is 0.266. The minimum absolute atomic E-state index is 0.0989. The molecule has 4 rings (SSSR count). The average Bonchev–Trinajstić information content (AvgIpc) is 3.06. The summed E-state index contributed by atoms with van der Waals surface area (Å²) in [5.74, 6) is 0. The smallest absolute Gasteiger partial charge is 0.243 e. The van der Waals surface area contributed by atoms with Gasteiger partial charge in [0.05, 0.1) is 4.90 Å². The molecule has 1 atom stereocenters. The number of sulfonamides is 1. The van der Waals surface area contributed by atoms with E-state index in [1.165, 1.54) is 0 Å². The minimum atomic E-state index is -3.48. The summed E-state index contributed by atoms with van der Waals surface area (Å²) in [5, 5.41) is 4.49. The molecule has 2 heterocycles. The fourth-order valence-corrected chi connectivity index (χ4v) is 5.16. The maximum atomic E-state index is 13.1. The molecule has 25 heavy (non-hydrogen) atoms. The minimum Gasteiger partial charge on any atom is -0.361 e. The first-order valence-electron chi connectivity index (χ1n) is 8.49. The molecular weight excluding hydrogens is 334 g/mol. The molecule has 0 aliphatic carbocycles. The van der Waals surface area contributed by atoms with Gasteiger partial charge in [0, 0.05) is 42.8 Å². The van der Waals surface area contributed by atoms with Gasteiger partial charge in [-0.05, 0) is 30.2 Å². The van der Waals surface area contributed by atoms with Gasteiger partial charge in [0.25, 0.3) is 0 Å². The Kier molecular flexibility index (Phi) is 4.33. The van der Waals surface area contributed by atoms with E-state index in [-0.39, 0.29) is 6.04 Å². The van der Waals surface area contributed by atoms with Crippen molar-refractivity contribution in [2.45, 2.75) is 17.4 Å². The van der Waals surface area contributed by atoms with Gasteiger partial charge >= 0.3 is 0 Å². The van der Waals surface area contributed by atoms with E-state index in [1.54, 1.807) is 28.6 Å². The van der Waals surface area contributed by atoms with Crippen molar-refractivity contribution in [2.75, 3.05) is 19.6 Å². The highest BCUT2D eigenvalue weighted by molar-refractivity contribution is 7.89. The number of hydrogen-bond acceptors (Lipinski definition) is 3. The fourth-order valence-electron chi connectivity index (χ4n) is 3.51. The van der Waals surface area contributed by atoms with Crippen molar-refractivity contribution >= 4 is 20.9 Å². The molecule has 2 aromatic carbocycles. The number of fused-ring (bicyclic) bond motifs is 1. The number of nitrogens with zero attached hydrogens (tertiary/aromatic N) is 1. The van der Waals surface area contributed by atoms with E-state index in [4.69, 9.17) is 0 Å². The number of benzene rings is 2. The molecule has 1 saturated heterocycles. The molecule has 0 saturated carbocycles. The molecule has 0 radical (unpaired) electrons. The number of nitrogens with one attached hydrogen (secondary N) is 2. The van der Waals surface area contributed by atoms with E-state index in [0.29, 0.717) is 31.0 Å². The Hall–Kier alpha value is -2.15. The van der Waals surface area contributed by atoms with Gasteiger partial charge in [0.1, 0.15) is 0 Å². The Bertz CT molecular complexity index is 967. The number of aromatic nitrogens is 1. The highest BCUT2D eigenvalue weighted by Gasteiger charge is 2.33. The summed E-state index contributed by atoms with van der Waals surface area (Å²) in [6.07, 6.45) is 2.68. The Morgan fingerprint density at radius 2 is 1.80 bits per heavy atom. The first kappa shape index (κ1) is 16.3. The highest BCUT2D eigenvalue weighted by Crippen LogP contribution is 2.24. The Labute approximate surface area is 147 Å². The van der Waals surface area contributed by atoms with Crippen molar-refractivity contribution in [1.29, 1.82) is 0 Å². The molecule has 0 bridgehead atoms. The monoisotopic (exact) mass is 355 g/mol. The molecule has 0 amide bonds. The first-order chi connectivity index (χ1) is 12.2. The fraction of sp³-hybridized carbons (Fsp3) is 0.263. The molecule has 2 N–H and O–H groups in total. The van der Waals surface area contributed by atoms with E-state index in [2.05, 4.69) is 16.4 Å². The number of para-hydroxylation sites is 1. The predicted octanol–water partition coefficient (Wildman–Crippen LogP) is 2.37. The average molecular weight is 355 g/mol. The van der Waals surface area contributed by atoms with Gasteiger partial charge in [-0.3, -0.25) is 0 Å². The van der Waals surface area contributed by atoms with E-state index in [9.17, 15) is 8.42 Å². The third-order valence-electron chi connectivity index (χ3n) is 4.78. The van der Waals surface area contributed by atoms with E-state index < -0.39 is 10.0 Å². The zero-order chi connectivity index (χ0) is 17.3. The number of piperazine rings is 1. The van der Waals surface area contributed by atoms with Gasteiger partial charge in [0.2, 0.25) is 10.0 Å². The summed E-state index contributed by atoms with van der Waals surface area (Å²) in [6, 6.07) is 16.7. The molecule has 1 aliphatic heterocycles. The van der Waals surface area contributed by atoms with E-state index in [1.807, 2.05) is 30.5 Å². The second kappa shape index (κ2) is 6.63. The molecular formula is C19H21N3O2S. The summed E-state index contributed by atoms with van der Waals surface area (Å²) in [4.78, 5) is 3.64. The molecule has 3 aromatic rings. The topological polar surface area (TPSA) is 65.2 Å². The van der Waals surface area contributed by atoms with Crippen LogP contribution in [0, 0.1) is 0 Å². The number of rotatable bonds is 4. The van der Waals surface area contributed by atoms with Crippen molar-refractivity contribution in [1.82, 2.24) is 14.6 Å². The normalized spacial score (nSPS) is 19.3. The summed E-state index contributed by atoms with van der Waals surface area (Å²) in [5.41, 5.74) is 2.23. The first-order valence-corrected chi connectivity index (χ1v) is 9.93. The van der Waals surface area contributed by atoms with E-state index >= 15 is 0 Å².